The molecule has 0 aromatic heterocycles. The lowest BCUT2D eigenvalue weighted by molar-refractivity contribution is -0.131. The van der Waals surface area contributed by atoms with E-state index in [9.17, 15) is 17.6 Å². The van der Waals surface area contributed by atoms with Crippen LogP contribution in [0.2, 0.25) is 0 Å². The molecule has 0 saturated carbocycles. The van der Waals surface area contributed by atoms with Gasteiger partial charge >= 0.3 is 0 Å². The van der Waals surface area contributed by atoms with Crippen molar-refractivity contribution >= 4 is 28.3 Å². The van der Waals surface area contributed by atoms with E-state index in [1.54, 1.807) is 11.9 Å². The molecule has 9 heteroatoms. The number of sulfonamides is 1. The number of hydrogen-bond acceptors (Lipinski definition) is 4. The van der Waals surface area contributed by atoms with Crippen molar-refractivity contribution in [1.82, 2.24) is 14.9 Å². The first-order valence-electron chi connectivity index (χ1n) is 10.1. The molecule has 3 rings (SSSR count). The summed E-state index contributed by atoms with van der Waals surface area (Å²) in [6, 6.07) is 13.9. The second kappa shape index (κ2) is 11.0. The van der Waals surface area contributed by atoms with Crippen LogP contribution < -0.4 is 10.0 Å². The van der Waals surface area contributed by atoms with Gasteiger partial charge in [0.05, 0.1) is 12.5 Å². The maximum Gasteiger partial charge on any atom is 0.243 e. The monoisotopic (exact) mass is 469 g/mol. The van der Waals surface area contributed by atoms with Crippen LogP contribution in [0.1, 0.15) is 36.4 Å². The van der Waals surface area contributed by atoms with Crippen molar-refractivity contribution in [2.75, 3.05) is 20.6 Å². The molecule has 1 aliphatic rings. The van der Waals surface area contributed by atoms with E-state index in [2.05, 4.69) is 10.0 Å². The van der Waals surface area contributed by atoms with E-state index in [0.29, 0.717) is 11.6 Å². The predicted octanol–water partition coefficient (Wildman–Crippen LogP) is 3.04. The van der Waals surface area contributed by atoms with Gasteiger partial charge in [-0.25, -0.2) is 17.5 Å². The largest absolute Gasteiger partial charge is 0.338 e. The number of carbonyl (C=O) groups is 1. The summed E-state index contributed by atoms with van der Waals surface area (Å²) in [7, 11) is -0.949. The number of benzene rings is 2. The van der Waals surface area contributed by atoms with Crippen LogP contribution in [0.25, 0.3) is 0 Å². The molecule has 2 atom stereocenters. The van der Waals surface area contributed by atoms with Crippen LogP contribution in [0.15, 0.2) is 53.4 Å². The molecule has 1 heterocycles. The van der Waals surface area contributed by atoms with E-state index in [1.807, 2.05) is 30.3 Å². The van der Waals surface area contributed by atoms with Crippen LogP contribution in [0.4, 0.5) is 4.39 Å². The van der Waals surface area contributed by atoms with Gasteiger partial charge < -0.3 is 10.2 Å². The number of amides is 1. The maximum absolute atomic E-state index is 14.0. The molecule has 0 bridgehead atoms. The van der Waals surface area contributed by atoms with Crippen LogP contribution in [-0.2, 0) is 21.2 Å². The Morgan fingerprint density at radius 2 is 1.97 bits per heavy atom. The minimum absolute atomic E-state index is 0. The highest BCUT2D eigenvalue weighted by molar-refractivity contribution is 7.89. The molecular formula is C22H29ClFN3O3S. The molecule has 6 nitrogen and oxygen atoms in total. The van der Waals surface area contributed by atoms with Gasteiger partial charge in [0.25, 0.3) is 0 Å². The van der Waals surface area contributed by atoms with E-state index in [1.165, 1.54) is 19.2 Å². The van der Waals surface area contributed by atoms with Crippen molar-refractivity contribution in [1.29, 1.82) is 0 Å². The van der Waals surface area contributed by atoms with Gasteiger partial charge in [-0.1, -0.05) is 36.4 Å². The van der Waals surface area contributed by atoms with Crippen LogP contribution in [0.3, 0.4) is 0 Å². The number of rotatable bonds is 8. The van der Waals surface area contributed by atoms with Crippen molar-refractivity contribution in [3.63, 3.8) is 0 Å². The summed E-state index contributed by atoms with van der Waals surface area (Å²) in [6.07, 6.45) is 3.00. The third-order valence-electron chi connectivity index (χ3n) is 5.62. The number of nitrogens with one attached hydrogen (secondary N) is 2. The van der Waals surface area contributed by atoms with Crippen LogP contribution >= 0.6 is 12.4 Å². The first kappa shape index (κ1) is 25.3. The van der Waals surface area contributed by atoms with Gasteiger partial charge in [-0.3, -0.25) is 4.79 Å². The minimum Gasteiger partial charge on any atom is -0.338 e. The molecule has 31 heavy (non-hydrogen) atoms. The smallest absolute Gasteiger partial charge is 0.243 e. The molecule has 1 amide bonds. The molecule has 0 aliphatic carbocycles. The second-order valence-electron chi connectivity index (χ2n) is 7.61. The zero-order chi connectivity index (χ0) is 21.7. The summed E-state index contributed by atoms with van der Waals surface area (Å²) in [6.45, 7) is 0.988. The lowest BCUT2D eigenvalue weighted by atomic mass is 9.96. The lowest BCUT2D eigenvalue weighted by Gasteiger charge is -2.31. The quantitative estimate of drug-likeness (QED) is 0.623. The van der Waals surface area contributed by atoms with Crippen molar-refractivity contribution in [3.8, 4) is 0 Å². The highest BCUT2D eigenvalue weighted by Gasteiger charge is 2.27. The topological polar surface area (TPSA) is 78.5 Å². The maximum atomic E-state index is 14.0. The van der Waals surface area contributed by atoms with Gasteiger partial charge in [0.1, 0.15) is 10.7 Å². The van der Waals surface area contributed by atoms with Gasteiger partial charge in [0.15, 0.2) is 0 Å². The minimum atomic E-state index is -3.94. The summed E-state index contributed by atoms with van der Waals surface area (Å²) >= 11 is 0. The summed E-state index contributed by atoms with van der Waals surface area (Å²) in [4.78, 5) is 14.3. The van der Waals surface area contributed by atoms with E-state index in [0.717, 1.165) is 37.4 Å². The predicted molar refractivity (Wildman–Crippen MR) is 121 cm³/mol. The van der Waals surface area contributed by atoms with Crippen molar-refractivity contribution in [2.45, 2.75) is 42.7 Å². The average Bonchev–Trinajstić information content (AvgIpc) is 3.26. The summed E-state index contributed by atoms with van der Waals surface area (Å²) in [5, 5.41) is 3.48. The van der Waals surface area contributed by atoms with E-state index < -0.39 is 20.7 Å². The Kier molecular flexibility index (Phi) is 9.00. The molecule has 1 unspecified atom stereocenters. The Balaban J connectivity index is 0.00000341. The number of halogens is 2. The number of carbonyl (C=O) groups excluding carboxylic acids is 1. The average molecular weight is 470 g/mol. The zero-order valence-corrected chi connectivity index (χ0v) is 19.3. The Morgan fingerprint density at radius 3 is 2.58 bits per heavy atom. The van der Waals surface area contributed by atoms with Crippen LogP contribution in [-0.4, -0.2) is 45.9 Å². The van der Waals surface area contributed by atoms with E-state index in [4.69, 9.17) is 0 Å². The molecule has 2 N–H and O–H groups in total. The fraction of sp³-hybridized carbons (Fsp3) is 0.409. The highest BCUT2D eigenvalue weighted by atomic mass is 35.5. The van der Waals surface area contributed by atoms with Gasteiger partial charge in [-0.15, -0.1) is 12.4 Å². The highest BCUT2D eigenvalue weighted by Crippen LogP contribution is 2.28. The summed E-state index contributed by atoms with van der Waals surface area (Å²) in [5.41, 5.74) is 1.51. The third-order valence-corrected chi connectivity index (χ3v) is 7.05. The standard InChI is InChI=1S/C22H28FN3O3S.ClH/c1-24-30(28,29)21-13-16(10-11-19(21)23)14-22(27)26(2)20(15-18-9-6-12-25-18)17-7-4-3-5-8-17;/h3-5,7-8,10-11,13,18,20,24-25H,6,9,12,14-15H2,1-2H3;1H/t18?,20-;/m0./s1. The van der Waals surface area contributed by atoms with E-state index >= 15 is 0 Å². The van der Waals surface area contributed by atoms with Gasteiger partial charge in [0, 0.05) is 13.1 Å². The van der Waals surface area contributed by atoms with Gasteiger partial charge in [-0.2, -0.15) is 0 Å². The Morgan fingerprint density at radius 1 is 1.26 bits per heavy atom. The van der Waals surface area contributed by atoms with Crippen molar-refractivity contribution in [2.24, 2.45) is 0 Å². The fourth-order valence-electron chi connectivity index (χ4n) is 3.87. The SMILES string of the molecule is CNS(=O)(=O)c1cc(CC(=O)N(C)[C@@H](CC2CCCN2)c2ccccc2)ccc1F.Cl. The van der Waals surface area contributed by atoms with Crippen molar-refractivity contribution < 1.29 is 17.6 Å². The van der Waals surface area contributed by atoms with Gasteiger partial charge in [-0.05, 0) is 56.1 Å². The molecule has 1 aliphatic heterocycles. The molecule has 1 fully saturated rings. The number of hydrogen-bond donors (Lipinski definition) is 2. The normalized spacial score (nSPS) is 17.1. The Hall–Kier alpha value is -2.00. The first-order chi connectivity index (χ1) is 14.3. The number of likely N-dealkylation sites (N-methyl/N-ethyl adjacent to an activating group) is 1. The van der Waals surface area contributed by atoms with Crippen LogP contribution in [0, 0.1) is 5.82 Å². The Bertz CT molecular complexity index is 983. The molecule has 170 valence electrons. The molecule has 0 spiro atoms. The molecular weight excluding hydrogens is 441 g/mol. The molecule has 1 saturated heterocycles. The van der Waals surface area contributed by atoms with E-state index in [-0.39, 0.29) is 30.8 Å². The fourth-order valence-corrected chi connectivity index (χ4v) is 4.72. The third kappa shape index (κ3) is 6.26. The second-order valence-corrected chi connectivity index (χ2v) is 9.46. The summed E-state index contributed by atoms with van der Waals surface area (Å²) < 4.78 is 40.2. The summed E-state index contributed by atoms with van der Waals surface area (Å²) in [5.74, 6) is -0.996. The van der Waals surface area contributed by atoms with Gasteiger partial charge in [0.2, 0.25) is 15.9 Å². The molecule has 0 radical (unpaired) electrons. The molecule has 2 aromatic carbocycles. The zero-order valence-electron chi connectivity index (χ0n) is 17.7. The number of nitrogens with zero attached hydrogens (tertiary/aromatic N) is 1. The van der Waals surface area contributed by atoms with Crippen LogP contribution in [0.5, 0.6) is 0 Å². The lowest BCUT2D eigenvalue weighted by Crippen LogP contribution is -2.36. The van der Waals surface area contributed by atoms with Crippen molar-refractivity contribution in [3.05, 3.63) is 65.5 Å². The Labute approximate surface area is 189 Å². The molecule has 2 aromatic rings. The first-order valence-corrected chi connectivity index (χ1v) is 11.6.